The van der Waals surface area contributed by atoms with Gasteiger partial charge in [-0.25, -0.2) is 9.59 Å². The predicted octanol–water partition coefficient (Wildman–Crippen LogP) is 1.62. The molecule has 0 amide bonds. The molecule has 1 aromatic rings. The Labute approximate surface area is 144 Å². The summed E-state index contributed by atoms with van der Waals surface area (Å²) >= 11 is 3.50. The van der Waals surface area contributed by atoms with E-state index in [4.69, 9.17) is 30.3 Å². The zero-order valence-electron chi connectivity index (χ0n) is 13.0. The highest BCUT2D eigenvalue weighted by molar-refractivity contribution is 9.10. The van der Waals surface area contributed by atoms with Gasteiger partial charge < -0.3 is 26.0 Å². The van der Waals surface area contributed by atoms with E-state index in [0.29, 0.717) is 6.54 Å². The molecular formula is C15H23BrN2O5. The van der Waals surface area contributed by atoms with Gasteiger partial charge in [-0.15, -0.1) is 0 Å². The van der Waals surface area contributed by atoms with Gasteiger partial charge in [0.25, 0.3) is 0 Å². The Bertz CT molecular complexity index is 485. The van der Waals surface area contributed by atoms with Gasteiger partial charge in [0.1, 0.15) is 5.75 Å². The highest BCUT2D eigenvalue weighted by Gasteiger charge is 2.04. The molecule has 0 aliphatic rings. The monoisotopic (exact) mass is 390 g/mol. The van der Waals surface area contributed by atoms with E-state index in [1.807, 2.05) is 6.07 Å². The number of aryl methyl sites for hydroxylation is 1. The van der Waals surface area contributed by atoms with Crippen molar-refractivity contribution in [3.63, 3.8) is 0 Å². The predicted molar refractivity (Wildman–Crippen MR) is 90.8 cm³/mol. The van der Waals surface area contributed by atoms with Crippen LogP contribution in [0.2, 0.25) is 0 Å². The molecule has 7 nitrogen and oxygen atoms in total. The Morgan fingerprint density at radius 3 is 2.39 bits per heavy atom. The molecule has 0 spiro atoms. The number of aliphatic carboxylic acids is 2. The van der Waals surface area contributed by atoms with E-state index in [9.17, 15) is 0 Å². The van der Waals surface area contributed by atoms with Crippen LogP contribution in [-0.4, -0.2) is 48.4 Å². The molecule has 0 aromatic heterocycles. The molecule has 0 saturated heterocycles. The number of halogens is 1. The molecule has 1 rings (SSSR count). The molecule has 0 aliphatic carbocycles. The highest BCUT2D eigenvalue weighted by atomic mass is 79.9. The lowest BCUT2D eigenvalue weighted by molar-refractivity contribution is -0.159. The van der Waals surface area contributed by atoms with Crippen LogP contribution in [-0.2, 0) is 9.59 Å². The van der Waals surface area contributed by atoms with Crippen LogP contribution in [0.1, 0.15) is 18.4 Å². The Balaban J connectivity index is 0.000000688. The van der Waals surface area contributed by atoms with Gasteiger partial charge in [-0.2, -0.15) is 0 Å². The second-order valence-electron chi connectivity index (χ2n) is 4.64. The third-order valence-corrected chi connectivity index (χ3v) is 3.22. The molecule has 130 valence electrons. The first kappa shape index (κ1) is 21.4. The number of hydrogen-bond acceptors (Lipinski definition) is 5. The van der Waals surface area contributed by atoms with Crippen molar-refractivity contribution in [3.8, 4) is 5.75 Å². The zero-order valence-corrected chi connectivity index (χ0v) is 14.6. The van der Waals surface area contributed by atoms with Crippen molar-refractivity contribution in [1.29, 1.82) is 0 Å². The normalized spacial score (nSPS) is 9.70. The fourth-order valence-electron chi connectivity index (χ4n) is 1.48. The molecule has 0 heterocycles. The zero-order chi connectivity index (χ0) is 17.7. The van der Waals surface area contributed by atoms with Gasteiger partial charge >= 0.3 is 11.9 Å². The summed E-state index contributed by atoms with van der Waals surface area (Å²) in [6.07, 6.45) is 2.17. The number of benzene rings is 1. The molecule has 0 fully saturated rings. The minimum Gasteiger partial charge on any atom is -0.492 e. The van der Waals surface area contributed by atoms with E-state index in [0.717, 1.165) is 42.8 Å². The molecule has 0 saturated carbocycles. The van der Waals surface area contributed by atoms with Gasteiger partial charge in [0.15, 0.2) is 0 Å². The van der Waals surface area contributed by atoms with Crippen molar-refractivity contribution >= 4 is 27.9 Å². The maximum atomic E-state index is 9.10. The molecule has 0 aliphatic heterocycles. The Kier molecular flexibility index (Phi) is 11.9. The third kappa shape index (κ3) is 11.6. The number of unbranched alkanes of at least 4 members (excludes halogenated alkanes) is 1. The average molecular weight is 391 g/mol. The molecule has 1 aromatic carbocycles. The number of nitrogens with one attached hydrogen (secondary N) is 1. The minimum atomic E-state index is -1.82. The van der Waals surface area contributed by atoms with E-state index in [1.165, 1.54) is 5.56 Å². The molecule has 0 atom stereocenters. The van der Waals surface area contributed by atoms with Crippen molar-refractivity contribution in [2.45, 2.75) is 19.8 Å². The van der Waals surface area contributed by atoms with Crippen LogP contribution in [0.25, 0.3) is 0 Å². The summed E-state index contributed by atoms with van der Waals surface area (Å²) in [7, 11) is 0. The lowest BCUT2D eigenvalue weighted by Gasteiger charge is -2.09. The lowest BCUT2D eigenvalue weighted by Crippen LogP contribution is -2.23. The van der Waals surface area contributed by atoms with E-state index in [2.05, 4.69) is 40.3 Å². The maximum Gasteiger partial charge on any atom is 0.414 e. The van der Waals surface area contributed by atoms with Crippen LogP contribution in [0.4, 0.5) is 0 Å². The molecule has 0 radical (unpaired) electrons. The summed E-state index contributed by atoms with van der Waals surface area (Å²) in [4.78, 5) is 18.2. The number of carbonyl (C=O) groups is 2. The summed E-state index contributed by atoms with van der Waals surface area (Å²) in [5, 5.41) is 18.0. The molecular weight excluding hydrogens is 368 g/mol. The topological polar surface area (TPSA) is 122 Å². The number of carboxylic acids is 2. The van der Waals surface area contributed by atoms with Gasteiger partial charge in [0, 0.05) is 13.1 Å². The summed E-state index contributed by atoms with van der Waals surface area (Å²) in [5.41, 5.74) is 6.61. The van der Waals surface area contributed by atoms with Crippen LogP contribution in [0.15, 0.2) is 22.7 Å². The van der Waals surface area contributed by atoms with Gasteiger partial charge in [0.2, 0.25) is 0 Å². The van der Waals surface area contributed by atoms with Crippen molar-refractivity contribution in [2.24, 2.45) is 5.73 Å². The van der Waals surface area contributed by atoms with Gasteiger partial charge in [-0.3, -0.25) is 0 Å². The molecule has 8 heteroatoms. The first-order chi connectivity index (χ1) is 10.9. The van der Waals surface area contributed by atoms with Crippen molar-refractivity contribution in [3.05, 3.63) is 28.2 Å². The number of rotatable bonds is 8. The standard InChI is InChI=1S/C13H21BrN2O.C2H2O4/c1-11-4-5-13(12(14)10-11)17-9-3-2-7-16-8-6-15;3-1(4)2(5)6/h4-5,10,16H,2-3,6-9,15H2,1H3;(H,3,4)(H,5,6). The first-order valence-electron chi connectivity index (χ1n) is 7.14. The Morgan fingerprint density at radius 2 is 1.87 bits per heavy atom. The smallest absolute Gasteiger partial charge is 0.414 e. The summed E-state index contributed by atoms with van der Waals surface area (Å²) in [6.45, 7) is 5.43. The van der Waals surface area contributed by atoms with E-state index in [1.54, 1.807) is 0 Å². The second-order valence-corrected chi connectivity index (χ2v) is 5.49. The Morgan fingerprint density at radius 1 is 1.22 bits per heavy atom. The Hall–Kier alpha value is -1.64. The summed E-state index contributed by atoms with van der Waals surface area (Å²) in [6, 6.07) is 6.13. The number of carboxylic acid groups (broad SMARTS) is 2. The number of nitrogens with two attached hydrogens (primary N) is 1. The first-order valence-corrected chi connectivity index (χ1v) is 7.93. The molecule has 0 bridgehead atoms. The largest absolute Gasteiger partial charge is 0.492 e. The van der Waals surface area contributed by atoms with Gasteiger partial charge in [-0.05, 0) is 59.9 Å². The van der Waals surface area contributed by atoms with E-state index in [-0.39, 0.29) is 0 Å². The highest BCUT2D eigenvalue weighted by Crippen LogP contribution is 2.25. The third-order valence-electron chi connectivity index (χ3n) is 2.60. The number of hydrogen-bond donors (Lipinski definition) is 4. The summed E-state index contributed by atoms with van der Waals surface area (Å²) in [5.74, 6) is -2.73. The fourth-order valence-corrected chi connectivity index (χ4v) is 2.09. The maximum absolute atomic E-state index is 9.10. The molecule has 5 N–H and O–H groups in total. The van der Waals surface area contributed by atoms with Crippen LogP contribution >= 0.6 is 15.9 Å². The second kappa shape index (κ2) is 12.9. The molecule has 23 heavy (non-hydrogen) atoms. The van der Waals surface area contributed by atoms with Gasteiger partial charge in [0.05, 0.1) is 11.1 Å². The van der Waals surface area contributed by atoms with Crippen LogP contribution < -0.4 is 15.8 Å². The van der Waals surface area contributed by atoms with Crippen molar-refractivity contribution < 1.29 is 24.5 Å². The SMILES string of the molecule is Cc1ccc(OCCCCNCCN)c(Br)c1.O=C(O)C(=O)O. The number of ether oxygens (including phenoxy) is 1. The van der Waals surface area contributed by atoms with Gasteiger partial charge in [-0.1, -0.05) is 6.07 Å². The fraction of sp³-hybridized carbons (Fsp3) is 0.467. The van der Waals surface area contributed by atoms with Crippen LogP contribution in [0, 0.1) is 6.92 Å². The minimum absolute atomic E-state index is 0.701. The van der Waals surface area contributed by atoms with E-state index >= 15 is 0 Å². The lowest BCUT2D eigenvalue weighted by atomic mass is 10.2. The summed E-state index contributed by atoms with van der Waals surface area (Å²) < 4.78 is 6.73. The molecule has 0 unspecified atom stereocenters. The van der Waals surface area contributed by atoms with Crippen LogP contribution in [0.5, 0.6) is 5.75 Å². The quantitative estimate of drug-likeness (QED) is 0.392. The van der Waals surface area contributed by atoms with Crippen molar-refractivity contribution in [1.82, 2.24) is 5.32 Å². The van der Waals surface area contributed by atoms with Crippen LogP contribution in [0.3, 0.4) is 0 Å². The van der Waals surface area contributed by atoms with E-state index < -0.39 is 11.9 Å². The average Bonchev–Trinajstić information content (AvgIpc) is 2.48. The van der Waals surface area contributed by atoms with Crippen molar-refractivity contribution in [2.75, 3.05) is 26.2 Å².